The van der Waals surface area contributed by atoms with Crippen molar-refractivity contribution in [2.75, 3.05) is 5.06 Å². The van der Waals surface area contributed by atoms with Gasteiger partial charge in [0.15, 0.2) is 0 Å². The lowest BCUT2D eigenvalue weighted by Crippen LogP contribution is -2.08. The highest BCUT2D eigenvalue weighted by Crippen LogP contribution is 2.23. The van der Waals surface area contributed by atoms with Crippen LogP contribution in [0.1, 0.15) is 5.56 Å². The fourth-order valence-electron chi connectivity index (χ4n) is 1.43. The van der Waals surface area contributed by atoms with Crippen molar-refractivity contribution in [3.63, 3.8) is 0 Å². The van der Waals surface area contributed by atoms with E-state index in [2.05, 4.69) is 15.9 Å². The van der Waals surface area contributed by atoms with E-state index in [-0.39, 0.29) is 0 Å². The van der Waals surface area contributed by atoms with Crippen LogP contribution in [0.2, 0.25) is 0 Å². The first-order valence-corrected chi connectivity index (χ1v) is 6.02. The van der Waals surface area contributed by atoms with Gasteiger partial charge < -0.3 is 0 Å². The molecule has 0 unspecified atom stereocenters. The van der Waals surface area contributed by atoms with Gasteiger partial charge in [0.05, 0.1) is 5.69 Å². The summed E-state index contributed by atoms with van der Waals surface area (Å²) in [5.74, 6) is 0. The number of halogens is 1. The molecule has 1 N–H and O–H groups in total. The molecule has 0 bridgehead atoms. The summed E-state index contributed by atoms with van der Waals surface area (Å²) < 4.78 is 0.824. The van der Waals surface area contributed by atoms with Gasteiger partial charge in [-0.15, -0.1) is 0 Å². The first kappa shape index (κ1) is 11.9. The van der Waals surface area contributed by atoms with Crippen molar-refractivity contribution in [2.24, 2.45) is 0 Å². The molecule has 0 aliphatic rings. The molecule has 0 radical (unpaired) electrons. The van der Waals surface area contributed by atoms with Crippen LogP contribution < -0.4 is 5.06 Å². The lowest BCUT2D eigenvalue weighted by molar-refractivity contribution is 0.296. The van der Waals surface area contributed by atoms with Gasteiger partial charge in [0, 0.05) is 10.7 Å². The zero-order valence-electron chi connectivity index (χ0n) is 9.12. The van der Waals surface area contributed by atoms with E-state index in [0.717, 1.165) is 20.8 Å². The Hall–Kier alpha value is -1.58. The minimum Gasteiger partial charge on any atom is -0.284 e. The van der Waals surface area contributed by atoms with Crippen LogP contribution in [0.15, 0.2) is 66.9 Å². The monoisotopic (exact) mass is 289 g/mol. The predicted octanol–water partition coefficient (Wildman–Crippen LogP) is 4.28. The summed E-state index contributed by atoms with van der Waals surface area (Å²) in [6.45, 7) is 0. The van der Waals surface area contributed by atoms with Gasteiger partial charge in [-0.1, -0.05) is 48.5 Å². The second-order valence-corrected chi connectivity index (χ2v) is 4.38. The normalized spacial score (nSPS) is 11.3. The molecule has 0 aromatic heterocycles. The van der Waals surface area contributed by atoms with E-state index in [1.54, 1.807) is 6.20 Å². The largest absolute Gasteiger partial charge is 0.284 e. The standard InChI is InChI=1S/C14H12BrNO/c15-14(12-7-3-1-4-8-12)11-16(17)13-9-5-2-6-10-13/h1-11,17H/b14-11-. The van der Waals surface area contributed by atoms with Crippen LogP contribution in [0.25, 0.3) is 4.48 Å². The number of benzene rings is 2. The molecular formula is C14H12BrNO. The molecule has 0 fully saturated rings. The molecule has 0 amide bonds. The Morgan fingerprint density at radius 1 is 0.941 bits per heavy atom. The Balaban J connectivity index is 2.20. The molecule has 2 rings (SSSR count). The van der Waals surface area contributed by atoms with Crippen molar-refractivity contribution in [2.45, 2.75) is 0 Å². The van der Waals surface area contributed by atoms with E-state index in [1.807, 2.05) is 60.7 Å². The second-order valence-electron chi connectivity index (χ2n) is 3.52. The first-order chi connectivity index (χ1) is 8.27. The number of para-hydroxylation sites is 1. The summed E-state index contributed by atoms with van der Waals surface area (Å²) >= 11 is 3.44. The molecule has 0 atom stereocenters. The van der Waals surface area contributed by atoms with Gasteiger partial charge in [-0.2, -0.15) is 0 Å². The summed E-state index contributed by atoms with van der Waals surface area (Å²) in [5, 5.41) is 11.0. The Labute approximate surface area is 109 Å². The topological polar surface area (TPSA) is 23.5 Å². The number of rotatable bonds is 3. The summed E-state index contributed by atoms with van der Waals surface area (Å²) in [6.07, 6.45) is 1.63. The van der Waals surface area contributed by atoms with E-state index in [4.69, 9.17) is 0 Å². The first-order valence-electron chi connectivity index (χ1n) is 5.23. The van der Waals surface area contributed by atoms with Crippen molar-refractivity contribution in [1.29, 1.82) is 0 Å². The fourth-order valence-corrected chi connectivity index (χ4v) is 1.89. The Kier molecular flexibility index (Phi) is 3.96. The van der Waals surface area contributed by atoms with Crippen molar-refractivity contribution in [3.05, 3.63) is 72.4 Å². The summed E-state index contributed by atoms with van der Waals surface area (Å²) in [7, 11) is 0. The highest BCUT2D eigenvalue weighted by atomic mass is 79.9. The number of hydroxylamine groups is 1. The van der Waals surface area contributed by atoms with Gasteiger partial charge in [0.1, 0.15) is 0 Å². The zero-order valence-corrected chi connectivity index (χ0v) is 10.7. The minimum atomic E-state index is 0.723. The van der Waals surface area contributed by atoms with Crippen molar-refractivity contribution >= 4 is 26.1 Å². The van der Waals surface area contributed by atoms with Crippen LogP contribution in [0.4, 0.5) is 5.69 Å². The molecule has 0 saturated carbocycles. The lowest BCUT2D eigenvalue weighted by atomic mass is 10.2. The third kappa shape index (κ3) is 3.19. The van der Waals surface area contributed by atoms with Gasteiger partial charge >= 0.3 is 0 Å². The maximum Gasteiger partial charge on any atom is 0.0686 e. The molecule has 0 saturated heterocycles. The highest BCUT2D eigenvalue weighted by molar-refractivity contribution is 9.15. The summed E-state index contributed by atoms with van der Waals surface area (Å²) in [5.41, 5.74) is 1.74. The molecule has 17 heavy (non-hydrogen) atoms. The van der Waals surface area contributed by atoms with Crippen molar-refractivity contribution in [3.8, 4) is 0 Å². The maximum absolute atomic E-state index is 9.88. The van der Waals surface area contributed by atoms with Crippen LogP contribution >= 0.6 is 15.9 Å². The van der Waals surface area contributed by atoms with Gasteiger partial charge in [-0.05, 0) is 33.6 Å². The van der Waals surface area contributed by atoms with Crippen LogP contribution in [0, 0.1) is 0 Å². The molecule has 0 spiro atoms. The van der Waals surface area contributed by atoms with E-state index in [9.17, 15) is 5.21 Å². The minimum absolute atomic E-state index is 0.723. The average molecular weight is 290 g/mol. The number of nitrogens with zero attached hydrogens (tertiary/aromatic N) is 1. The SMILES string of the molecule is ON(/C=C(\Br)c1ccccc1)c1ccccc1. The lowest BCUT2D eigenvalue weighted by Gasteiger charge is -2.12. The van der Waals surface area contributed by atoms with E-state index in [1.165, 1.54) is 0 Å². The Bertz CT molecular complexity index is 496. The Morgan fingerprint density at radius 2 is 1.47 bits per heavy atom. The molecule has 0 heterocycles. The quantitative estimate of drug-likeness (QED) is 0.853. The van der Waals surface area contributed by atoms with Gasteiger partial charge in [0.2, 0.25) is 0 Å². The highest BCUT2D eigenvalue weighted by Gasteiger charge is 2.01. The van der Waals surface area contributed by atoms with Gasteiger partial charge in [-0.3, -0.25) is 5.21 Å². The second kappa shape index (κ2) is 5.66. The smallest absolute Gasteiger partial charge is 0.0686 e. The molecule has 2 nitrogen and oxygen atoms in total. The third-order valence-corrected chi connectivity index (χ3v) is 2.97. The van der Waals surface area contributed by atoms with E-state index in [0.29, 0.717) is 0 Å². The van der Waals surface area contributed by atoms with Gasteiger partial charge in [0.25, 0.3) is 0 Å². The molecule has 2 aromatic rings. The maximum atomic E-state index is 9.88. The van der Waals surface area contributed by atoms with Crippen molar-refractivity contribution in [1.82, 2.24) is 0 Å². The average Bonchev–Trinajstić information content (AvgIpc) is 2.40. The molecule has 0 aliphatic carbocycles. The third-order valence-electron chi connectivity index (χ3n) is 2.31. The number of anilines is 1. The molecule has 2 aromatic carbocycles. The van der Waals surface area contributed by atoms with Gasteiger partial charge in [-0.25, -0.2) is 5.06 Å². The summed E-state index contributed by atoms with van der Waals surface area (Å²) in [6, 6.07) is 19.1. The predicted molar refractivity (Wildman–Crippen MR) is 74.1 cm³/mol. The van der Waals surface area contributed by atoms with Crippen LogP contribution in [0.3, 0.4) is 0 Å². The van der Waals surface area contributed by atoms with E-state index < -0.39 is 0 Å². The Morgan fingerprint density at radius 3 is 2.06 bits per heavy atom. The summed E-state index contributed by atoms with van der Waals surface area (Å²) in [4.78, 5) is 0. The zero-order chi connectivity index (χ0) is 12.1. The number of hydrogen-bond donors (Lipinski definition) is 1. The van der Waals surface area contributed by atoms with E-state index >= 15 is 0 Å². The molecular weight excluding hydrogens is 278 g/mol. The van der Waals surface area contributed by atoms with Crippen LogP contribution in [-0.2, 0) is 0 Å². The van der Waals surface area contributed by atoms with Crippen LogP contribution in [-0.4, -0.2) is 5.21 Å². The number of hydrogen-bond acceptors (Lipinski definition) is 2. The molecule has 0 aliphatic heterocycles. The van der Waals surface area contributed by atoms with Crippen LogP contribution in [0.5, 0.6) is 0 Å². The van der Waals surface area contributed by atoms with Crippen molar-refractivity contribution < 1.29 is 5.21 Å². The fraction of sp³-hybridized carbons (Fsp3) is 0. The molecule has 3 heteroatoms. The molecule has 86 valence electrons.